The van der Waals surface area contributed by atoms with E-state index in [0.717, 1.165) is 21.9 Å². The van der Waals surface area contributed by atoms with Gasteiger partial charge in [0.2, 0.25) is 0 Å². The Hall–Kier alpha value is -6.70. The number of hydrogen-bond acceptors (Lipinski definition) is 1. The summed E-state index contributed by atoms with van der Waals surface area (Å²) in [4.78, 5) is 0. The standard InChI is InChI=1S/C51H32O/c1-4-14-33(15-5-1)37-28-30-47-49-41(37)21-12-23-43(49)44-24-13-22-42-38(29-31-48(52-47)50(42)44)34-26-27-40-39-20-10-11-25-45(39)51(46(40)32-34,35-16-6-2-7-17-35)36-18-8-3-9-19-36/h1-32H. The van der Waals surface area contributed by atoms with Crippen LogP contribution < -0.4 is 0 Å². The average Bonchev–Trinajstić information content (AvgIpc) is 3.43. The molecule has 1 nitrogen and oxygen atoms in total. The Morgan fingerprint density at radius 1 is 0.308 bits per heavy atom. The van der Waals surface area contributed by atoms with Gasteiger partial charge in [-0.1, -0.05) is 176 Å². The predicted octanol–water partition coefficient (Wildman–Crippen LogP) is 13.6. The molecule has 0 unspecified atom stereocenters. The highest BCUT2D eigenvalue weighted by Gasteiger charge is 2.46. The molecule has 0 atom stereocenters. The lowest BCUT2D eigenvalue weighted by Gasteiger charge is -2.34. The van der Waals surface area contributed by atoms with E-state index in [0.29, 0.717) is 0 Å². The minimum Gasteiger partial charge on any atom is -0.456 e. The van der Waals surface area contributed by atoms with Gasteiger partial charge in [-0.2, -0.15) is 0 Å². The largest absolute Gasteiger partial charge is 0.456 e. The summed E-state index contributed by atoms with van der Waals surface area (Å²) in [5.41, 5.74) is 13.9. The summed E-state index contributed by atoms with van der Waals surface area (Å²) in [7, 11) is 0. The van der Waals surface area contributed by atoms with Crippen LogP contribution in [0.2, 0.25) is 0 Å². The highest BCUT2D eigenvalue weighted by atomic mass is 16.3. The Morgan fingerprint density at radius 3 is 1.40 bits per heavy atom. The molecule has 1 aromatic heterocycles. The van der Waals surface area contributed by atoms with Crippen LogP contribution in [0.4, 0.5) is 0 Å². The zero-order valence-electron chi connectivity index (χ0n) is 28.4. The molecule has 242 valence electrons. The third kappa shape index (κ3) is 3.99. The second-order valence-electron chi connectivity index (χ2n) is 13.9. The smallest absolute Gasteiger partial charge is 0.135 e. The van der Waals surface area contributed by atoms with Crippen molar-refractivity contribution in [3.8, 4) is 33.4 Å². The summed E-state index contributed by atoms with van der Waals surface area (Å²) in [5.74, 6) is 0. The Balaban J connectivity index is 1.20. The van der Waals surface area contributed by atoms with Crippen molar-refractivity contribution >= 4 is 43.5 Å². The Kier molecular flexibility index (Phi) is 6.23. The number of benzene rings is 9. The average molecular weight is 661 g/mol. The van der Waals surface area contributed by atoms with Gasteiger partial charge in [0.1, 0.15) is 11.2 Å². The second kappa shape index (κ2) is 11.2. The van der Waals surface area contributed by atoms with E-state index in [1.807, 2.05) is 0 Å². The van der Waals surface area contributed by atoms with Crippen LogP contribution >= 0.6 is 0 Å². The first kappa shape index (κ1) is 29.1. The highest BCUT2D eigenvalue weighted by Crippen LogP contribution is 2.57. The van der Waals surface area contributed by atoms with Gasteiger partial charge < -0.3 is 4.42 Å². The monoisotopic (exact) mass is 660 g/mol. The van der Waals surface area contributed by atoms with Crippen LogP contribution in [0.5, 0.6) is 0 Å². The van der Waals surface area contributed by atoms with Crippen LogP contribution in [0, 0.1) is 0 Å². The van der Waals surface area contributed by atoms with Gasteiger partial charge in [-0.3, -0.25) is 0 Å². The number of rotatable bonds is 4. The molecule has 0 spiro atoms. The van der Waals surface area contributed by atoms with E-state index in [2.05, 4.69) is 194 Å². The summed E-state index contributed by atoms with van der Waals surface area (Å²) in [6.07, 6.45) is 0. The van der Waals surface area contributed by atoms with Crippen molar-refractivity contribution in [1.29, 1.82) is 0 Å². The Labute approximate surface area is 302 Å². The van der Waals surface area contributed by atoms with Crippen LogP contribution in [0.3, 0.4) is 0 Å². The lowest BCUT2D eigenvalue weighted by molar-refractivity contribution is 0.664. The minimum atomic E-state index is -0.453. The van der Waals surface area contributed by atoms with Gasteiger partial charge in [0.25, 0.3) is 0 Å². The van der Waals surface area contributed by atoms with Gasteiger partial charge in [-0.25, -0.2) is 0 Å². The quantitative estimate of drug-likeness (QED) is 0.183. The molecule has 1 heteroatoms. The first-order chi connectivity index (χ1) is 25.8. The summed E-state index contributed by atoms with van der Waals surface area (Å²) >= 11 is 0. The van der Waals surface area contributed by atoms with Crippen molar-refractivity contribution in [3.63, 3.8) is 0 Å². The van der Waals surface area contributed by atoms with E-state index >= 15 is 0 Å². The van der Waals surface area contributed by atoms with Gasteiger partial charge in [0, 0.05) is 10.8 Å². The van der Waals surface area contributed by atoms with Crippen LogP contribution in [0.25, 0.3) is 76.9 Å². The lowest BCUT2D eigenvalue weighted by atomic mass is 9.67. The third-order valence-electron chi connectivity index (χ3n) is 11.4. The molecule has 0 amide bonds. The molecule has 52 heavy (non-hydrogen) atoms. The fourth-order valence-corrected chi connectivity index (χ4v) is 9.22. The molecular formula is C51H32O. The van der Waals surface area contributed by atoms with Crippen LogP contribution in [-0.2, 0) is 5.41 Å². The van der Waals surface area contributed by atoms with E-state index < -0.39 is 5.41 Å². The van der Waals surface area contributed by atoms with Gasteiger partial charge in [0.15, 0.2) is 0 Å². The molecule has 1 aliphatic carbocycles. The molecule has 10 aromatic rings. The molecule has 1 heterocycles. The molecule has 0 aliphatic heterocycles. The third-order valence-corrected chi connectivity index (χ3v) is 11.4. The van der Waals surface area contributed by atoms with Gasteiger partial charge >= 0.3 is 0 Å². The molecule has 0 saturated carbocycles. The van der Waals surface area contributed by atoms with E-state index in [4.69, 9.17) is 4.42 Å². The lowest BCUT2D eigenvalue weighted by Crippen LogP contribution is -2.28. The number of hydrogen-bond donors (Lipinski definition) is 0. The molecule has 0 N–H and O–H groups in total. The van der Waals surface area contributed by atoms with Crippen molar-refractivity contribution in [2.45, 2.75) is 5.41 Å². The zero-order chi connectivity index (χ0) is 34.2. The molecule has 0 radical (unpaired) electrons. The number of fused-ring (bicyclic) bond motifs is 4. The maximum Gasteiger partial charge on any atom is 0.135 e. The van der Waals surface area contributed by atoms with Crippen molar-refractivity contribution in [2.24, 2.45) is 0 Å². The van der Waals surface area contributed by atoms with Gasteiger partial charge in [0.05, 0.1) is 5.41 Å². The van der Waals surface area contributed by atoms with Gasteiger partial charge in [-0.05, 0) is 95.4 Å². The summed E-state index contributed by atoms with van der Waals surface area (Å²) in [5, 5.41) is 7.07. The first-order valence-corrected chi connectivity index (χ1v) is 18.0. The van der Waals surface area contributed by atoms with Crippen LogP contribution in [-0.4, -0.2) is 0 Å². The SMILES string of the molecule is c1ccc(-c2ccc3oc4ccc(-c5ccc6c(c5)C(c5ccccc5)(c5ccccc5)c5ccccc5-6)c5cccc(c6cccc2c36)c45)cc1. The molecule has 0 saturated heterocycles. The highest BCUT2D eigenvalue weighted by molar-refractivity contribution is 6.26. The van der Waals surface area contributed by atoms with Crippen LogP contribution in [0.1, 0.15) is 22.3 Å². The van der Waals surface area contributed by atoms with Crippen molar-refractivity contribution < 1.29 is 4.42 Å². The summed E-state index contributed by atoms with van der Waals surface area (Å²) in [6.45, 7) is 0. The molecular weight excluding hydrogens is 629 g/mol. The first-order valence-electron chi connectivity index (χ1n) is 18.0. The molecule has 11 rings (SSSR count). The fraction of sp³-hybridized carbons (Fsp3) is 0.0196. The van der Waals surface area contributed by atoms with E-state index in [9.17, 15) is 0 Å². The van der Waals surface area contributed by atoms with E-state index in [-0.39, 0.29) is 0 Å². The molecule has 0 bridgehead atoms. The van der Waals surface area contributed by atoms with E-state index in [1.165, 1.54) is 77.2 Å². The predicted molar refractivity (Wildman–Crippen MR) is 217 cm³/mol. The molecule has 9 aromatic carbocycles. The molecule has 1 aliphatic rings. The van der Waals surface area contributed by atoms with Crippen molar-refractivity contribution in [2.75, 3.05) is 0 Å². The maximum absolute atomic E-state index is 6.89. The summed E-state index contributed by atoms with van der Waals surface area (Å²) < 4.78 is 6.89. The van der Waals surface area contributed by atoms with Crippen molar-refractivity contribution in [3.05, 3.63) is 216 Å². The maximum atomic E-state index is 6.89. The minimum absolute atomic E-state index is 0.453. The normalized spacial score (nSPS) is 13.2. The Bertz CT molecular complexity index is 2950. The van der Waals surface area contributed by atoms with Gasteiger partial charge in [-0.15, -0.1) is 0 Å². The topological polar surface area (TPSA) is 13.1 Å². The second-order valence-corrected chi connectivity index (χ2v) is 13.9. The molecule has 0 fully saturated rings. The zero-order valence-corrected chi connectivity index (χ0v) is 28.4. The fourth-order valence-electron chi connectivity index (χ4n) is 9.22. The van der Waals surface area contributed by atoms with E-state index in [1.54, 1.807) is 0 Å². The van der Waals surface area contributed by atoms with Crippen molar-refractivity contribution in [1.82, 2.24) is 0 Å². The summed E-state index contributed by atoms with van der Waals surface area (Å²) in [6, 6.07) is 70.9. The Morgan fingerprint density at radius 2 is 0.788 bits per heavy atom. The van der Waals surface area contributed by atoms with Crippen LogP contribution in [0.15, 0.2) is 199 Å².